The Hall–Kier alpha value is -2.12. The van der Waals surface area contributed by atoms with Crippen LogP contribution in [0.15, 0.2) is 48.5 Å². The highest BCUT2D eigenvalue weighted by Gasteiger charge is 2.53. The summed E-state index contributed by atoms with van der Waals surface area (Å²) in [5, 5.41) is 12.6. The summed E-state index contributed by atoms with van der Waals surface area (Å²) in [7, 11) is 0. The van der Waals surface area contributed by atoms with Crippen molar-refractivity contribution >= 4 is 22.6 Å². The lowest BCUT2D eigenvalue weighted by atomic mass is 10.0. The predicted octanol–water partition coefficient (Wildman–Crippen LogP) is 3.77. The maximum absolute atomic E-state index is 12.4. The van der Waals surface area contributed by atoms with Gasteiger partial charge < -0.3 is 9.84 Å². The molecule has 4 rings (SSSR count). The van der Waals surface area contributed by atoms with Gasteiger partial charge in [-0.05, 0) is 61.5 Å². The Morgan fingerprint density at radius 1 is 1.15 bits per heavy atom. The Labute approximate surface area is 161 Å². The highest BCUT2D eigenvalue weighted by atomic mass is 32.2. The number of ether oxygens (including phenoxy) is 1. The Balaban J connectivity index is 1.69. The zero-order valence-corrected chi connectivity index (χ0v) is 15.8. The molecule has 0 aliphatic carbocycles. The number of halogens is 2. The normalized spacial score (nSPS) is 22.3. The number of alkyl halides is 2. The summed E-state index contributed by atoms with van der Waals surface area (Å²) in [5.74, 6) is 1.09. The van der Waals surface area contributed by atoms with E-state index in [0.717, 1.165) is 29.6 Å². The van der Waals surface area contributed by atoms with E-state index in [1.54, 1.807) is 23.9 Å². The summed E-state index contributed by atoms with van der Waals surface area (Å²) in [6.45, 7) is 0.312. The van der Waals surface area contributed by atoms with Crippen LogP contribution in [0.2, 0.25) is 0 Å². The average molecular weight is 391 g/mol. The molecule has 0 amide bonds. The molecular formula is C20H21F2N2O2S+. The van der Waals surface area contributed by atoms with Gasteiger partial charge in [-0.25, -0.2) is 9.48 Å². The monoisotopic (exact) mass is 391 g/mol. The molecule has 27 heavy (non-hydrogen) atoms. The van der Waals surface area contributed by atoms with Crippen molar-refractivity contribution in [1.29, 1.82) is 0 Å². The highest BCUT2D eigenvalue weighted by molar-refractivity contribution is 8.13. The van der Waals surface area contributed by atoms with Gasteiger partial charge in [0.15, 0.2) is 6.54 Å². The topological polar surface area (TPSA) is 35.7 Å². The summed E-state index contributed by atoms with van der Waals surface area (Å²) in [6.07, 6.45) is 0.977. The molecule has 0 aromatic heterocycles. The Bertz CT molecular complexity index is 855. The van der Waals surface area contributed by atoms with Crippen molar-refractivity contribution in [2.75, 3.05) is 23.7 Å². The number of hydrogen-bond donors (Lipinski definition) is 1. The third kappa shape index (κ3) is 3.41. The molecule has 142 valence electrons. The number of anilines is 1. The first-order chi connectivity index (χ1) is 13.0. The van der Waals surface area contributed by atoms with E-state index >= 15 is 0 Å². The second-order valence-corrected chi connectivity index (χ2v) is 7.84. The van der Waals surface area contributed by atoms with Crippen molar-refractivity contribution in [2.45, 2.75) is 25.7 Å². The van der Waals surface area contributed by atoms with Crippen molar-refractivity contribution in [3.8, 4) is 5.75 Å². The van der Waals surface area contributed by atoms with Gasteiger partial charge in [-0.1, -0.05) is 17.7 Å². The largest absolute Gasteiger partial charge is 0.435 e. The fourth-order valence-electron chi connectivity index (χ4n) is 3.58. The van der Waals surface area contributed by atoms with Gasteiger partial charge in [-0.2, -0.15) is 8.78 Å². The molecule has 4 nitrogen and oxygen atoms in total. The first-order valence-electron chi connectivity index (χ1n) is 8.87. The molecule has 0 bridgehead atoms. The van der Waals surface area contributed by atoms with Crippen LogP contribution in [0.5, 0.6) is 5.75 Å². The number of hydrogen-bond acceptors (Lipinski definition) is 4. The molecule has 1 atom stereocenters. The first-order valence-corrected chi connectivity index (χ1v) is 9.85. The quantitative estimate of drug-likeness (QED) is 0.805. The zero-order chi connectivity index (χ0) is 19.0. The summed E-state index contributed by atoms with van der Waals surface area (Å²) in [6, 6.07) is 14.5. The van der Waals surface area contributed by atoms with Gasteiger partial charge in [0.25, 0.3) is 5.72 Å². The lowest BCUT2D eigenvalue weighted by Crippen LogP contribution is -2.41. The Morgan fingerprint density at radius 3 is 2.52 bits per heavy atom. The molecule has 2 aliphatic heterocycles. The highest BCUT2D eigenvalue weighted by Crippen LogP contribution is 2.38. The summed E-state index contributed by atoms with van der Waals surface area (Å²) >= 11 is 1.73. The summed E-state index contributed by atoms with van der Waals surface area (Å²) in [4.78, 5) is 2.13. The van der Waals surface area contributed by atoms with Gasteiger partial charge in [-0.3, -0.25) is 0 Å². The van der Waals surface area contributed by atoms with E-state index in [1.807, 2.05) is 11.5 Å². The Morgan fingerprint density at radius 2 is 1.85 bits per heavy atom. The van der Waals surface area contributed by atoms with Crippen molar-refractivity contribution in [2.24, 2.45) is 0 Å². The number of nitrogens with zero attached hydrogens (tertiary/aromatic N) is 2. The SMILES string of the molecule is Cc1ccc(N2C[C@](O)(c3ccc(OC(F)F)cc3)[N+]3=C2SCCC3)cc1. The van der Waals surface area contributed by atoms with Crippen LogP contribution in [-0.2, 0) is 5.72 Å². The van der Waals surface area contributed by atoms with Crippen molar-refractivity contribution in [3.05, 3.63) is 59.7 Å². The van der Waals surface area contributed by atoms with Gasteiger partial charge in [0.05, 0.1) is 6.54 Å². The molecule has 0 spiro atoms. The van der Waals surface area contributed by atoms with Crippen molar-refractivity contribution < 1.29 is 23.2 Å². The van der Waals surface area contributed by atoms with Crippen molar-refractivity contribution in [3.63, 3.8) is 0 Å². The number of thioether (sulfide) groups is 1. The minimum atomic E-state index is -2.86. The molecule has 0 unspecified atom stereocenters. The molecule has 2 aromatic carbocycles. The lowest BCUT2D eigenvalue weighted by Gasteiger charge is -2.24. The van der Waals surface area contributed by atoms with Gasteiger partial charge in [0, 0.05) is 11.3 Å². The van der Waals surface area contributed by atoms with Crippen LogP contribution in [0.1, 0.15) is 17.5 Å². The van der Waals surface area contributed by atoms with E-state index in [9.17, 15) is 13.9 Å². The molecule has 0 saturated carbocycles. The van der Waals surface area contributed by atoms with Crippen LogP contribution in [0.25, 0.3) is 0 Å². The third-order valence-corrected chi connectivity index (χ3v) is 6.12. The number of benzene rings is 2. The van der Waals surface area contributed by atoms with Crippen LogP contribution in [-0.4, -0.2) is 40.3 Å². The summed E-state index contributed by atoms with van der Waals surface area (Å²) < 4.78 is 31.2. The van der Waals surface area contributed by atoms with Crippen LogP contribution in [0.3, 0.4) is 0 Å². The maximum atomic E-state index is 12.4. The van der Waals surface area contributed by atoms with E-state index in [-0.39, 0.29) is 5.75 Å². The first kappa shape index (κ1) is 18.3. The van der Waals surface area contributed by atoms with Crippen LogP contribution in [0.4, 0.5) is 14.5 Å². The molecule has 7 heteroatoms. The van der Waals surface area contributed by atoms with E-state index in [0.29, 0.717) is 12.1 Å². The number of β-amino-alcohol motifs (C(OH)–C–C–N with tert-alkyl or cyclic N) is 1. The standard InChI is InChI=1S/C20H21F2N2O2S/c1-14-3-7-16(8-4-14)23-13-20(25,24-11-2-12-27-19(23)24)15-5-9-17(10-6-15)26-18(21)22/h3-10,18,25H,2,11-13H2,1H3/q+1/t20-/m0/s1. The van der Waals surface area contributed by atoms with E-state index < -0.39 is 12.3 Å². The molecule has 0 saturated heterocycles. The molecule has 2 aromatic rings. The lowest BCUT2D eigenvalue weighted by molar-refractivity contribution is -0.656. The minimum absolute atomic E-state index is 0.0861. The Kier molecular flexibility index (Phi) is 4.82. The molecule has 2 aliphatic rings. The minimum Gasteiger partial charge on any atom is -0.435 e. The van der Waals surface area contributed by atoms with Crippen molar-refractivity contribution in [1.82, 2.24) is 0 Å². The molecule has 0 radical (unpaired) electrons. The molecule has 0 fully saturated rings. The van der Waals surface area contributed by atoms with Crippen LogP contribution in [0, 0.1) is 6.92 Å². The average Bonchev–Trinajstić information content (AvgIpc) is 2.97. The smallest absolute Gasteiger partial charge is 0.387 e. The van der Waals surface area contributed by atoms with E-state index in [1.165, 1.54) is 17.7 Å². The van der Waals surface area contributed by atoms with Crippen LogP contribution >= 0.6 is 11.8 Å². The second-order valence-electron chi connectivity index (χ2n) is 6.78. The van der Waals surface area contributed by atoms with E-state index in [4.69, 9.17) is 0 Å². The second kappa shape index (κ2) is 7.13. The van der Waals surface area contributed by atoms with Gasteiger partial charge >= 0.3 is 11.8 Å². The number of amidine groups is 1. The third-order valence-electron chi connectivity index (χ3n) is 4.93. The van der Waals surface area contributed by atoms with Crippen LogP contribution < -0.4 is 9.64 Å². The molecular weight excluding hydrogens is 370 g/mol. The predicted molar refractivity (Wildman–Crippen MR) is 103 cm³/mol. The van der Waals surface area contributed by atoms with Gasteiger partial charge in [0.1, 0.15) is 11.4 Å². The fourth-order valence-corrected chi connectivity index (χ4v) is 4.76. The number of rotatable bonds is 4. The maximum Gasteiger partial charge on any atom is 0.387 e. The van der Waals surface area contributed by atoms with Gasteiger partial charge in [0.2, 0.25) is 0 Å². The summed E-state index contributed by atoms with van der Waals surface area (Å²) in [5.41, 5.74) is 1.67. The zero-order valence-electron chi connectivity index (χ0n) is 14.9. The fraction of sp³-hybridized carbons (Fsp3) is 0.350. The molecule has 1 N–H and O–H groups in total. The number of aryl methyl sites for hydroxylation is 1. The van der Waals surface area contributed by atoms with Gasteiger partial charge in [-0.15, -0.1) is 0 Å². The van der Waals surface area contributed by atoms with E-state index in [2.05, 4.69) is 33.9 Å². The molecule has 2 heterocycles. The number of aliphatic hydroxyl groups is 1.